The molecule has 1 aliphatic heterocycles. The van der Waals surface area contributed by atoms with Crippen LogP contribution in [0, 0.1) is 0 Å². The number of urea groups is 1. The fourth-order valence-corrected chi connectivity index (χ4v) is 6.07. The van der Waals surface area contributed by atoms with Crippen molar-refractivity contribution >= 4 is 38.2 Å². The van der Waals surface area contributed by atoms with Crippen molar-refractivity contribution in [2.24, 2.45) is 0 Å². The quantitative estimate of drug-likeness (QED) is 0.718. The molecule has 1 aromatic heterocycles. The first-order chi connectivity index (χ1) is 13.9. The average molecular weight is 439 g/mol. The maximum absolute atomic E-state index is 12.5. The standard InChI is InChI=1S/C18H22N4O5S2/c1-26-12-7-11(8-13(9-12)27-2)19-17(23)21-18-20-15-5-6-22(10-16(15)28-18)29(24,25)14-3-4-14/h7-9,14H,3-6,10H2,1-2H3,(H2,19,20,21,23). The molecule has 29 heavy (non-hydrogen) atoms. The van der Waals surface area contributed by atoms with Gasteiger partial charge < -0.3 is 14.8 Å². The van der Waals surface area contributed by atoms with E-state index in [-0.39, 0.29) is 5.25 Å². The number of benzene rings is 1. The minimum absolute atomic E-state index is 0.222. The summed E-state index contributed by atoms with van der Waals surface area (Å²) in [6.45, 7) is 0.757. The van der Waals surface area contributed by atoms with Crippen LogP contribution in [-0.2, 0) is 23.0 Å². The minimum atomic E-state index is -3.21. The summed E-state index contributed by atoms with van der Waals surface area (Å²) >= 11 is 1.30. The molecular weight excluding hydrogens is 416 g/mol. The summed E-state index contributed by atoms with van der Waals surface area (Å²) < 4.78 is 36.8. The second-order valence-corrected chi connectivity index (χ2v) is 10.2. The van der Waals surface area contributed by atoms with E-state index in [4.69, 9.17) is 9.47 Å². The first kappa shape index (κ1) is 19.9. The minimum Gasteiger partial charge on any atom is -0.497 e. The van der Waals surface area contributed by atoms with Crippen molar-refractivity contribution < 1.29 is 22.7 Å². The molecule has 156 valence electrons. The van der Waals surface area contributed by atoms with E-state index in [1.807, 2.05) is 0 Å². The Labute approximate surface area is 173 Å². The molecule has 0 radical (unpaired) electrons. The predicted molar refractivity (Wildman–Crippen MR) is 110 cm³/mol. The monoisotopic (exact) mass is 438 g/mol. The molecule has 2 amide bonds. The van der Waals surface area contributed by atoms with Crippen LogP contribution in [0.25, 0.3) is 0 Å². The molecule has 0 atom stereocenters. The molecule has 2 heterocycles. The topological polar surface area (TPSA) is 110 Å². The third kappa shape index (κ3) is 4.31. The number of carbonyl (C=O) groups is 1. The van der Waals surface area contributed by atoms with Gasteiger partial charge in [0.2, 0.25) is 10.0 Å². The zero-order valence-electron chi connectivity index (χ0n) is 16.1. The summed E-state index contributed by atoms with van der Waals surface area (Å²) in [6.07, 6.45) is 2.04. The number of fused-ring (bicyclic) bond motifs is 1. The summed E-state index contributed by atoms with van der Waals surface area (Å²) in [7, 11) is -0.144. The van der Waals surface area contributed by atoms with Crippen molar-refractivity contribution in [3.8, 4) is 11.5 Å². The number of anilines is 2. The Hall–Kier alpha value is -2.37. The largest absolute Gasteiger partial charge is 0.497 e. The fraction of sp³-hybridized carbons (Fsp3) is 0.444. The first-order valence-electron chi connectivity index (χ1n) is 9.17. The van der Waals surface area contributed by atoms with Gasteiger partial charge in [-0.2, -0.15) is 4.31 Å². The number of hydrogen-bond acceptors (Lipinski definition) is 7. The van der Waals surface area contributed by atoms with E-state index >= 15 is 0 Å². The Balaban J connectivity index is 1.42. The summed E-state index contributed by atoms with van der Waals surface area (Å²) in [5, 5.41) is 5.66. The Kier molecular flexibility index (Phi) is 5.36. The van der Waals surface area contributed by atoms with Gasteiger partial charge in [-0.05, 0) is 12.8 Å². The van der Waals surface area contributed by atoms with Gasteiger partial charge in [0.1, 0.15) is 11.5 Å². The van der Waals surface area contributed by atoms with Crippen LogP contribution in [0.15, 0.2) is 18.2 Å². The van der Waals surface area contributed by atoms with E-state index in [0.717, 1.165) is 23.4 Å². The molecule has 1 saturated carbocycles. The first-order valence-corrected chi connectivity index (χ1v) is 11.5. The highest BCUT2D eigenvalue weighted by atomic mass is 32.2. The third-order valence-corrected chi connectivity index (χ3v) is 8.17. The van der Waals surface area contributed by atoms with Gasteiger partial charge in [0.25, 0.3) is 0 Å². The van der Waals surface area contributed by atoms with Crippen molar-refractivity contribution in [1.29, 1.82) is 0 Å². The number of hydrogen-bond donors (Lipinski definition) is 2. The van der Waals surface area contributed by atoms with Gasteiger partial charge in [-0.3, -0.25) is 5.32 Å². The summed E-state index contributed by atoms with van der Waals surface area (Å²) in [5.74, 6) is 1.11. The maximum atomic E-state index is 12.5. The molecule has 2 N–H and O–H groups in total. The molecule has 9 nitrogen and oxygen atoms in total. The van der Waals surface area contributed by atoms with Crippen LogP contribution < -0.4 is 20.1 Å². The van der Waals surface area contributed by atoms with E-state index in [0.29, 0.717) is 41.8 Å². The van der Waals surface area contributed by atoms with Crippen LogP contribution in [0.3, 0.4) is 0 Å². The molecule has 0 saturated heterocycles. The zero-order chi connectivity index (χ0) is 20.6. The van der Waals surface area contributed by atoms with E-state index in [1.54, 1.807) is 18.2 Å². The zero-order valence-corrected chi connectivity index (χ0v) is 17.7. The van der Waals surface area contributed by atoms with Gasteiger partial charge in [0.05, 0.1) is 25.2 Å². The van der Waals surface area contributed by atoms with Crippen LogP contribution in [-0.4, -0.2) is 49.8 Å². The van der Waals surface area contributed by atoms with E-state index in [2.05, 4.69) is 15.6 Å². The number of methoxy groups -OCH3 is 2. The number of amides is 2. The van der Waals surface area contributed by atoms with E-state index < -0.39 is 16.1 Å². The Bertz CT molecular complexity index is 1010. The van der Waals surface area contributed by atoms with E-state index in [1.165, 1.54) is 29.9 Å². The lowest BCUT2D eigenvalue weighted by Gasteiger charge is -2.25. The van der Waals surface area contributed by atoms with Crippen LogP contribution in [0.2, 0.25) is 0 Å². The highest BCUT2D eigenvalue weighted by molar-refractivity contribution is 7.90. The molecule has 2 aromatic rings. The number of thiazole rings is 1. The lowest BCUT2D eigenvalue weighted by molar-refractivity contribution is 0.262. The van der Waals surface area contributed by atoms with Gasteiger partial charge in [-0.1, -0.05) is 11.3 Å². The molecular formula is C18H22N4O5S2. The Morgan fingerprint density at radius 3 is 2.48 bits per heavy atom. The van der Waals surface area contributed by atoms with Crippen molar-refractivity contribution in [3.05, 3.63) is 28.8 Å². The van der Waals surface area contributed by atoms with Gasteiger partial charge in [-0.25, -0.2) is 18.2 Å². The molecule has 1 aromatic carbocycles. The number of nitrogens with zero attached hydrogens (tertiary/aromatic N) is 2. The number of aromatic nitrogens is 1. The second-order valence-electron chi connectivity index (χ2n) is 6.90. The molecule has 1 fully saturated rings. The predicted octanol–water partition coefficient (Wildman–Crippen LogP) is 2.65. The highest BCUT2D eigenvalue weighted by Gasteiger charge is 2.41. The normalized spacial score (nSPS) is 16.8. The van der Waals surface area contributed by atoms with Gasteiger partial charge >= 0.3 is 6.03 Å². The lowest BCUT2D eigenvalue weighted by Crippen LogP contribution is -2.37. The molecule has 2 aliphatic rings. The number of carbonyl (C=O) groups excluding carboxylic acids is 1. The van der Waals surface area contributed by atoms with Gasteiger partial charge in [-0.15, -0.1) is 0 Å². The SMILES string of the molecule is COc1cc(NC(=O)Nc2nc3c(s2)CN(S(=O)(=O)C2CC2)CC3)cc(OC)c1. The molecule has 0 unspecified atom stereocenters. The van der Waals surface area contributed by atoms with Crippen molar-refractivity contribution in [2.75, 3.05) is 31.4 Å². The average Bonchev–Trinajstić information content (AvgIpc) is 3.48. The molecule has 0 bridgehead atoms. The smallest absolute Gasteiger partial charge is 0.325 e. The molecule has 1 aliphatic carbocycles. The van der Waals surface area contributed by atoms with Crippen LogP contribution >= 0.6 is 11.3 Å². The van der Waals surface area contributed by atoms with Crippen LogP contribution in [0.4, 0.5) is 15.6 Å². The lowest BCUT2D eigenvalue weighted by atomic mass is 10.2. The summed E-state index contributed by atoms with van der Waals surface area (Å²) in [6, 6.07) is 4.61. The van der Waals surface area contributed by atoms with Gasteiger partial charge in [0, 0.05) is 48.3 Å². The number of sulfonamides is 1. The van der Waals surface area contributed by atoms with Crippen molar-refractivity contribution in [1.82, 2.24) is 9.29 Å². The second kappa shape index (κ2) is 7.81. The van der Waals surface area contributed by atoms with Gasteiger partial charge in [0.15, 0.2) is 5.13 Å². The third-order valence-electron chi connectivity index (χ3n) is 4.83. The maximum Gasteiger partial charge on any atom is 0.325 e. The molecule has 0 spiro atoms. The van der Waals surface area contributed by atoms with Crippen molar-refractivity contribution in [3.63, 3.8) is 0 Å². The number of nitrogens with one attached hydrogen (secondary N) is 2. The highest BCUT2D eigenvalue weighted by Crippen LogP contribution is 2.35. The Morgan fingerprint density at radius 1 is 1.17 bits per heavy atom. The van der Waals surface area contributed by atoms with Crippen molar-refractivity contribution in [2.45, 2.75) is 31.1 Å². The molecule has 11 heteroatoms. The summed E-state index contributed by atoms with van der Waals surface area (Å²) in [4.78, 5) is 17.7. The fourth-order valence-electron chi connectivity index (χ4n) is 3.16. The number of rotatable bonds is 6. The number of ether oxygens (including phenoxy) is 2. The Morgan fingerprint density at radius 2 is 1.86 bits per heavy atom. The van der Waals surface area contributed by atoms with Crippen LogP contribution in [0.1, 0.15) is 23.4 Å². The molecule has 4 rings (SSSR count). The van der Waals surface area contributed by atoms with E-state index in [9.17, 15) is 13.2 Å². The van der Waals surface area contributed by atoms with Crippen LogP contribution in [0.5, 0.6) is 11.5 Å². The summed E-state index contributed by atoms with van der Waals surface area (Å²) in [5.41, 5.74) is 1.36.